The molecule has 2 saturated carbocycles. The summed E-state index contributed by atoms with van der Waals surface area (Å²) in [5.41, 5.74) is 7.24. The van der Waals surface area contributed by atoms with Gasteiger partial charge in [0.2, 0.25) is 0 Å². The molecule has 22 heavy (non-hydrogen) atoms. The lowest BCUT2D eigenvalue weighted by Crippen LogP contribution is -2.32. The first kappa shape index (κ1) is 15.9. The van der Waals surface area contributed by atoms with Gasteiger partial charge in [-0.3, -0.25) is 0 Å². The topological polar surface area (TPSA) is 44.5 Å². The number of ether oxygens (including phenoxy) is 2. The van der Waals surface area contributed by atoms with Gasteiger partial charge in [0.25, 0.3) is 0 Å². The average molecular weight is 324 g/mol. The van der Waals surface area contributed by atoms with Gasteiger partial charge >= 0.3 is 0 Å². The average Bonchev–Trinajstić information content (AvgIpc) is 3.19. The van der Waals surface area contributed by atoms with Crippen molar-refractivity contribution >= 4 is 11.6 Å². The first-order chi connectivity index (χ1) is 10.7. The van der Waals surface area contributed by atoms with Crippen molar-refractivity contribution in [3.63, 3.8) is 0 Å². The highest BCUT2D eigenvalue weighted by molar-refractivity contribution is 6.31. The normalized spacial score (nSPS) is 21.2. The highest BCUT2D eigenvalue weighted by Gasteiger charge is 2.37. The van der Waals surface area contributed by atoms with Crippen molar-refractivity contribution < 1.29 is 9.47 Å². The van der Waals surface area contributed by atoms with Gasteiger partial charge in [0.05, 0.1) is 13.2 Å². The van der Waals surface area contributed by atoms with Crippen LogP contribution in [0.1, 0.15) is 56.9 Å². The largest absolute Gasteiger partial charge is 0.493 e. The van der Waals surface area contributed by atoms with Crippen LogP contribution in [0.25, 0.3) is 0 Å². The molecule has 2 fully saturated rings. The number of nitrogens with two attached hydrogens (primary N) is 1. The molecule has 0 heterocycles. The third-order valence-corrected chi connectivity index (χ3v) is 5.68. The smallest absolute Gasteiger partial charge is 0.163 e. The van der Waals surface area contributed by atoms with Crippen LogP contribution in [0.4, 0.5) is 0 Å². The van der Waals surface area contributed by atoms with E-state index in [2.05, 4.69) is 6.07 Å². The predicted molar refractivity (Wildman–Crippen MR) is 90.1 cm³/mol. The van der Waals surface area contributed by atoms with E-state index in [0.717, 1.165) is 47.8 Å². The molecule has 122 valence electrons. The van der Waals surface area contributed by atoms with Gasteiger partial charge in [-0.1, -0.05) is 24.4 Å². The molecule has 2 aliphatic rings. The van der Waals surface area contributed by atoms with Crippen molar-refractivity contribution in [3.05, 3.63) is 22.7 Å². The zero-order valence-electron chi connectivity index (χ0n) is 13.4. The van der Waals surface area contributed by atoms with Crippen molar-refractivity contribution in [1.82, 2.24) is 0 Å². The standard InChI is InChI=1S/C18H26ClNO2/c1-21-16-10-14(18(12-20)8-4-5-9-18)15(19)11-17(16)22-13-6-2-3-7-13/h10-11,13H,2-9,12,20H2,1H3. The molecular formula is C18H26ClNO2. The number of hydrogen-bond acceptors (Lipinski definition) is 3. The van der Waals surface area contributed by atoms with E-state index in [1.807, 2.05) is 6.07 Å². The lowest BCUT2D eigenvalue weighted by molar-refractivity contribution is 0.200. The van der Waals surface area contributed by atoms with Gasteiger partial charge in [0.15, 0.2) is 11.5 Å². The van der Waals surface area contributed by atoms with Gasteiger partial charge in [-0.2, -0.15) is 0 Å². The van der Waals surface area contributed by atoms with Crippen LogP contribution in [0.3, 0.4) is 0 Å². The fourth-order valence-corrected chi connectivity index (χ4v) is 4.37. The number of hydrogen-bond donors (Lipinski definition) is 1. The molecule has 0 amide bonds. The summed E-state index contributed by atoms with van der Waals surface area (Å²) in [5, 5.41) is 0.765. The lowest BCUT2D eigenvalue weighted by atomic mass is 9.79. The van der Waals surface area contributed by atoms with Crippen LogP contribution in [0.2, 0.25) is 5.02 Å². The second kappa shape index (κ2) is 6.67. The van der Waals surface area contributed by atoms with E-state index in [4.69, 9.17) is 26.8 Å². The van der Waals surface area contributed by atoms with Gasteiger partial charge in [-0.15, -0.1) is 0 Å². The Morgan fingerprint density at radius 2 is 1.82 bits per heavy atom. The maximum absolute atomic E-state index is 6.60. The zero-order chi connectivity index (χ0) is 15.6. The van der Waals surface area contributed by atoms with Gasteiger partial charge in [-0.05, 0) is 50.2 Å². The van der Waals surface area contributed by atoms with Gasteiger partial charge in [0.1, 0.15) is 0 Å². The second-order valence-electron chi connectivity index (χ2n) is 6.70. The van der Waals surface area contributed by atoms with Gasteiger partial charge in [-0.25, -0.2) is 0 Å². The number of methoxy groups -OCH3 is 1. The van der Waals surface area contributed by atoms with E-state index < -0.39 is 0 Å². The van der Waals surface area contributed by atoms with E-state index in [9.17, 15) is 0 Å². The minimum Gasteiger partial charge on any atom is -0.493 e. The molecule has 0 aromatic heterocycles. The molecule has 3 rings (SSSR count). The first-order valence-corrected chi connectivity index (χ1v) is 8.81. The molecule has 0 aliphatic heterocycles. The van der Waals surface area contributed by atoms with Gasteiger partial charge in [0, 0.05) is 23.0 Å². The summed E-state index contributed by atoms with van der Waals surface area (Å²) >= 11 is 6.60. The minimum atomic E-state index is 0.0102. The summed E-state index contributed by atoms with van der Waals surface area (Å²) in [6, 6.07) is 3.99. The lowest BCUT2D eigenvalue weighted by Gasteiger charge is -2.30. The Morgan fingerprint density at radius 1 is 1.14 bits per heavy atom. The van der Waals surface area contributed by atoms with Crippen LogP contribution in [0, 0.1) is 0 Å². The van der Waals surface area contributed by atoms with Crippen LogP contribution < -0.4 is 15.2 Å². The number of halogens is 1. The van der Waals surface area contributed by atoms with Crippen molar-refractivity contribution in [2.75, 3.05) is 13.7 Å². The summed E-state index contributed by atoms with van der Waals surface area (Å²) in [5.74, 6) is 1.55. The van der Waals surface area contributed by atoms with Crippen molar-refractivity contribution in [2.24, 2.45) is 5.73 Å². The van der Waals surface area contributed by atoms with E-state index in [-0.39, 0.29) is 5.41 Å². The van der Waals surface area contributed by atoms with Crippen LogP contribution >= 0.6 is 11.6 Å². The third-order valence-electron chi connectivity index (χ3n) is 5.37. The molecule has 2 N–H and O–H groups in total. The van der Waals surface area contributed by atoms with Gasteiger partial charge < -0.3 is 15.2 Å². The molecule has 2 aliphatic carbocycles. The Bertz CT molecular complexity index is 520. The quantitative estimate of drug-likeness (QED) is 0.871. The van der Waals surface area contributed by atoms with Crippen molar-refractivity contribution in [1.29, 1.82) is 0 Å². The van der Waals surface area contributed by atoms with Crippen LogP contribution in [-0.4, -0.2) is 19.8 Å². The highest BCUT2D eigenvalue weighted by atomic mass is 35.5. The Balaban J connectivity index is 1.92. The summed E-state index contributed by atoms with van der Waals surface area (Å²) in [7, 11) is 1.69. The third kappa shape index (κ3) is 2.93. The summed E-state index contributed by atoms with van der Waals surface area (Å²) < 4.78 is 11.7. The minimum absolute atomic E-state index is 0.0102. The van der Waals surface area contributed by atoms with Crippen LogP contribution in [0.15, 0.2) is 12.1 Å². The van der Waals surface area contributed by atoms with E-state index in [1.54, 1.807) is 7.11 Å². The van der Waals surface area contributed by atoms with E-state index in [1.165, 1.54) is 25.7 Å². The summed E-state index contributed by atoms with van der Waals surface area (Å²) in [6.07, 6.45) is 9.68. The molecule has 1 aromatic carbocycles. The molecule has 0 radical (unpaired) electrons. The Kier molecular flexibility index (Phi) is 4.84. The van der Waals surface area contributed by atoms with Crippen LogP contribution in [-0.2, 0) is 5.41 Å². The van der Waals surface area contributed by atoms with Crippen molar-refractivity contribution in [2.45, 2.75) is 62.9 Å². The van der Waals surface area contributed by atoms with Crippen molar-refractivity contribution in [3.8, 4) is 11.5 Å². The van der Waals surface area contributed by atoms with Crippen LogP contribution in [0.5, 0.6) is 11.5 Å². The molecule has 0 bridgehead atoms. The first-order valence-electron chi connectivity index (χ1n) is 8.43. The Morgan fingerprint density at radius 3 is 2.41 bits per heavy atom. The molecule has 0 saturated heterocycles. The molecule has 4 heteroatoms. The fraction of sp³-hybridized carbons (Fsp3) is 0.667. The SMILES string of the molecule is COc1cc(C2(CN)CCCC2)c(Cl)cc1OC1CCCC1. The molecule has 0 spiro atoms. The highest BCUT2D eigenvalue weighted by Crippen LogP contribution is 2.46. The Labute approximate surface area is 138 Å². The number of benzene rings is 1. The maximum atomic E-state index is 6.60. The summed E-state index contributed by atoms with van der Waals surface area (Å²) in [4.78, 5) is 0. The van der Waals surface area contributed by atoms with E-state index in [0.29, 0.717) is 12.6 Å². The molecule has 3 nitrogen and oxygen atoms in total. The maximum Gasteiger partial charge on any atom is 0.163 e. The Hall–Kier alpha value is -0.930. The zero-order valence-corrected chi connectivity index (χ0v) is 14.1. The molecule has 0 atom stereocenters. The molecule has 0 unspecified atom stereocenters. The van der Waals surface area contributed by atoms with E-state index >= 15 is 0 Å². The molecule has 1 aromatic rings. The fourth-order valence-electron chi connectivity index (χ4n) is 4.01. The molecular weight excluding hydrogens is 298 g/mol. The summed E-state index contributed by atoms with van der Waals surface area (Å²) in [6.45, 7) is 0.638. The second-order valence-corrected chi connectivity index (χ2v) is 7.11. The predicted octanol–water partition coefficient (Wildman–Crippen LogP) is 4.44. The number of rotatable bonds is 5. The monoisotopic (exact) mass is 323 g/mol.